The second-order valence-electron chi connectivity index (χ2n) is 8.25. The van der Waals surface area contributed by atoms with E-state index in [1.165, 1.54) is 0 Å². The number of amides is 3. The predicted octanol–water partition coefficient (Wildman–Crippen LogP) is 2.91. The molecule has 0 spiro atoms. The van der Waals surface area contributed by atoms with E-state index in [4.69, 9.17) is 4.74 Å². The van der Waals surface area contributed by atoms with E-state index in [9.17, 15) is 14.4 Å². The van der Waals surface area contributed by atoms with Crippen LogP contribution in [0.2, 0.25) is 0 Å². The van der Waals surface area contributed by atoms with Gasteiger partial charge in [-0.05, 0) is 50.2 Å². The first kappa shape index (κ1) is 25.1. The van der Waals surface area contributed by atoms with Crippen LogP contribution in [0.15, 0.2) is 84.9 Å². The lowest BCUT2D eigenvalue weighted by molar-refractivity contribution is -0.120. The van der Waals surface area contributed by atoms with Gasteiger partial charge in [-0.2, -0.15) is 0 Å². The van der Waals surface area contributed by atoms with Gasteiger partial charge in [0.1, 0.15) is 5.75 Å². The van der Waals surface area contributed by atoms with E-state index in [0.717, 1.165) is 11.3 Å². The van der Waals surface area contributed by atoms with Crippen LogP contribution >= 0.6 is 0 Å². The van der Waals surface area contributed by atoms with Crippen LogP contribution in [0.1, 0.15) is 34.8 Å². The highest BCUT2D eigenvalue weighted by Crippen LogP contribution is 2.21. The van der Waals surface area contributed by atoms with Crippen LogP contribution in [0.5, 0.6) is 5.75 Å². The van der Waals surface area contributed by atoms with Crippen molar-refractivity contribution in [1.29, 1.82) is 0 Å². The lowest BCUT2D eigenvalue weighted by Gasteiger charge is -2.10. The number of aromatic nitrogens is 3. The molecule has 4 aromatic rings. The maximum Gasteiger partial charge on any atom is 0.309 e. The van der Waals surface area contributed by atoms with E-state index in [1.54, 1.807) is 28.9 Å². The molecule has 3 aromatic carbocycles. The van der Waals surface area contributed by atoms with Gasteiger partial charge in [-0.15, -0.1) is 5.10 Å². The van der Waals surface area contributed by atoms with Crippen LogP contribution in [0.4, 0.5) is 0 Å². The zero-order valence-electron chi connectivity index (χ0n) is 20.3. The Morgan fingerprint density at radius 2 is 1.49 bits per heavy atom. The Labute approximate surface area is 213 Å². The number of carbonyl (C=O) groups is 3. The average molecular weight is 499 g/mol. The van der Waals surface area contributed by atoms with Gasteiger partial charge in [-0.1, -0.05) is 48.5 Å². The van der Waals surface area contributed by atoms with Gasteiger partial charge in [0.05, 0.1) is 18.3 Å². The highest BCUT2D eigenvalue weighted by molar-refractivity contribution is 5.97. The first-order valence-corrected chi connectivity index (χ1v) is 11.6. The number of hydrogen-bond acceptors (Lipinski definition) is 6. The number of hydrazine groups is 1. The molecule has 3 N–H and O–H groups in total. The van der Waals surface area contributed by atoms with Crippen LogP contribution in [-0.2, 0) is 4.79 Å². The van der Waals surface area contributed by atoms with Crippen molar-refractivity contribution in [2.24, 2.45) is 0 Å². The molecule has 4 rings (SSSR count). The van der Waals surface area contributed by atoms with Crippen LogP contribution in [-0.4, -0.2) is 45.1 Å². The van der Waals surface area contributed by atoms with Crippen LogP contribution in [0, 0.1) is 0 Å². The Morgan fingerprint density at radius 1 is 0.838 bits per heavy atom. The quantitative estimate of drug-likeness (QED) is 0.321. The zero-order valence-corrected chi connectivity index (χ0v) is 20.3. The van der Waals surface area contributed by atoms with E-state index in [2.05, 4.69) is 26.3 Å². The molecule has 188 valence electrons. The Bertz CT molecular complexity index is 1310. The standard InChI is InChI=1S/C27H26N6O4/c1-18(2)37-22-15-13-20(14-16-22)26(35)28-17-23(34)30-31-27(36)24-29-25(19-9-5-3-6-10-19)33(32-24)21-11-7-4-8-12-21/h3-16,18H,17H2,1-2H3,(H,28,35)(H,30,34)(H,31,36). The molecule has 0 aliphatic carbocycles. The van der Waals surface area contributed by atoms with Crippen LogP contribution < -0.4 is 20.9 Å². The van der Waals surface area contributed by atoms with Crippen molar-refractivity contribution in [2.45, 2.75) is 20.0 Å². The lowest BCUT2D eigenvalue weighted by Crippen LogP contribution is -2.46. The molecular formula is C27H26N6O4. The number of para-hydroxylation sites is 1. The van der Waals surface area contributed by atoms with Crippen molar-refractivity contribution >= 4 is 17.7 Å². The Kier molecular flexibility index (Phi) is 7.89. The maximum absolute atomic E-state index is 12.7. The molecule has 0 saturated heterocycles. The summed E-state index contributed by atoms with van der Waals surface area (Å²) in [7, 11) is 0. The third-order valence-corrected chi connectivity index (χ3v) is 5.06. The second-order valence-corrected chi connectivity index (χ2v) is 8.25. The number of benzene rings is 3. The van der Waals surface area contributed by atoms with Crippen molar-refractivity contribution in [3.05, 3.63) is 96.3 Å². The molecule has 0 aliphatic rings. The number of nitrogens with zero attached hydrogens (tertiary/aromatic N) is 3. The molecule has 10 heteroatoms. The normalized spacial score (nSPS) is 10.6. The van der Waals surface area contributed by atoms with Gasteiger partial charge < -0.3 is 10.1 Å². The highest BCUT2D eigenvalue weighted by Gasteiger charge is 2.19. The van der Waals surface area contributed by atoms with Gasteiger partial charge in [0.25, 0.3) is 11.8 Å². The van der Waals surface area contributed by atoms with E-state index < -0.39 is 17.7 Å². The fourth-order valence-corrected chi connectivity index (χ4v) is 3.38. The molecule has 1 aromatic heterocycles. The summed E-state index contributed by atoms with van der Waals surface area (Å²) in [4.78, 5) is 41.6. The molecule has 0 radical (unpaired) electrons. The third-order valence-electron chi connectivity index (χ3n) is 5.06. The monoisotopic (exact) mass is 498 g/mol. The molecule has 0 saturated carbocycles. The molecule has 1 heterocycles. The average Bonchev–Trinajstić information content (AvgIpc) is 3.37. The van der Waals surface area contributed by atoms with Gasteiger partial charge in [-0.3, -0.25) is 25.2 Å². The number of rotatable bonds is 8. The summed E-state index contributed by atoms with van der Waals surface area (Å²) in [6.45, 7) is 3.47. The number of nitrogens with one attached hydrogen (secondary N) is 3. The predicted molar refractivity (Wildman–Crippen MR) is 137 cm³/mol. The third kappa shape index (κ3) is 6.57. The number of carbonyl (C=O) groups excluding carboxylic acids is 3. The molecule has 10 nitrogen and oxygen atoms in total. The molecule has 0 unspecified atom stereocenters. The smallest absolute Gasteiger partial charge is 0.309 e. The zero-order chi connectivity index (χ0) is 26.2. The molecule has 0 bridgehead atoms. The summed E-state index contributed by atoms with van der Waals surface area (Å²) in [5, 5.41) is 6.84. The molecule has 0 aliphatic heterocycles. The summed E-state index contributed by atoms with van der Waals surface area (Å²) in [6, 6.07) is 25.2. The SMILES string of the molecule is CC(C)Oc1ccc(C(=O)NCC(=O)NNC(=O)c2nc(-c3ccccc3)n(-c3ccccc3)n2)cc1. The minimum absolute atomic E-state index is 0.0193. The van der Waals surface area contributed by atoms with Crippen molar-refractivity contribution in [3.8, 4) is 22.8 Å². The second kappa shape index (κ2) is 11.6. The largest absolute Gasteiger partial charge is 0.491 e. The summed E-state index contributed by atoms with van der Waals surface area (Å²) >= 11 is 0. The summed E-state index contributed by atoms with van der Waals surface area (Å²) < 4.78 is 7.11. The summed E-state index contributed by atoms with van der Waals surface area (Å²) in [6.07, 6.45) is 0.0193. The van der Waals surface area contributed by atoms with Crippen LogP contribution in [0.25, 0.3) is 17.1 Å². The minimum atomic E-state index is -0.702. The summed E-state index contributed by atoms with van der Waals surface area (Å²) in [5.74, 6) is -0.769. The van der Waals surface area contributed by atoms with Gasteiger partial charge in [0.2, 0.25) is 5.82 Å². The molecule has 3 amide bonds. The molecule has 0 fully saturated rings. The fraction of sp³-hybridized carbons (Fsp3) is 0.148. The molecular weight excluding hydrogens is 472 g/mol. The van der Waals surface area contributed by atoms with Gasteiger partial charge >= 0.3 is 5.91 Å². The van der Waals surface area contributed by atoms with Gasteiger partial charge in [0.15, 0.2) is 5.82 Å². The van der Waals surface area contributed by atoms with Crippen molar-refractivity contribution in [2.75, 3.05) is 6.54 Å². The van der Waals surface area contributed by atoms with Gasteiger partial charge in [0, 0.05) is 11.1 Å². The first-order valence-electron chi connectivity index (χ1n) is 11.6. The van der Waals surface area contributed by atoms with Crippen molar-refractivity contribution in [1.82, 2.24) is 30.9 Å². The van der Waals surface area contributed by atoms with E-state index in [1.807, 2.05) is 74.5 Å². The van der Waals surface area contributed by atoms with Crippen molar-refractivity contribution in [3.63, 3.8) is 0 Å². The number of ether oxygens (including phenoxy) is 1. The maximum atomic E-state index is 12.7. The fourth-order valence-electron chi connectivity index (χ4n) is 3.38. The Hall–Kier alpha value is -4.99. The first-order chi connectivity index (χ1) is 17.9. The molecule has 37 heavy (non-hydrogen) atoms. The van der Waals surface area contributed by atoms with Gasteiger partial charge in [-0.25, -0.2) is 9.67 Å². The summed E-state index contributed by atoms with van der Waals surface area (Å²) in [5.41, 5.74) is 6.42. The van der Waals surface area contributed by atoms with E-state index in [-0.39, 0.29) is 18.5 Å². The Morgan fingerprint density at radius 3 is 2.14 bits per heavy atom. The van der Waals surface area contributed by atoms with E-state index in [0.29, 0.717) is 17.1 Å². The topological polar surface area (TPSA) is 127 Å². The molecule has 0 atom stereocenters. The minimum Gasteiger partial charge on any atom is -0.491 e. The van der Waals surface area contributed by atoms with Crippen molar-refractivity contribution < 1.29 is 19.1 Å². The number of hydrogen-bond donors (Lipinski definition) is 3. The Balaban J connectivity index is 1.36. The highest BCUT2D eigenvalue weighted by atomic mass is 16.5. The lowest BCUT2D eigenvalue weighted by atomic mass is 10.2. The van der Waals surface area contributed by atoms with Crippen LogP contribution in [0.3, 0.4) is 0 Å². The van der Waals surface area contributed by atoms with E-state index >= 15 is 0 Å².